The quantitative estimate of drug-likeness (QED) is 0.207. The van der Waals surface area contributed by atoms with Gasteiger partial charge in [0.1, 0.15) is 0 Å². The summed E-state index contributed by atoms with van der Waals surface area (Å²) in [5, 5.41) is 0. The fourth-order valence-corrected chi connectivity index (χ4v) is 7.20. The number of amides is 2. The highest BCUT2D eigenvalue weighted by atomic mass is 16.2. The summed E-state index contributed by atoms with van der Waals surface area (Å²) in [5.74, 6) is -1.96. The Morgan fingerprint density at radius 1 is 0.571 bits per heavy atom. The highest BCUT2D eigenvalue weighted by Gasteiger charge is 2.32. The van der Waals surface area contributed by atoms with Gasteiger partial charge in [0.25, 0.3) is 11.1 Å². The minimum Gasteiger partial charge on any atom is -0.309 e. The number of rotatable bonds is 6. The molecule has 0 saturated heterocycles. The van der Waals surface area contributed by atoms with E-state index in [2.05, 4.69) is 31.7 Å². The van der Waals surface area contributed by atoms with Crippen LogP contribution >= 0.6 is 0 Å². The monoisotopic (exact) mass is 582 g/mol. The predicted octanol–water partition coefficient (Wildman–Crippen LogP) is 0.313. The summed E-state index contributed by atoms with van der Waals surface area (Å²) in [5.41, 5.74) is 10.7. The van der Waals surface area contributed by atoms with Crippen LogP contribution in [-0.2, 0) is 22.4 Å². The lowest BCUT2D eigenvalue weighted by Crippen LogP contribution is -2.51. The largest absolute Gasteiger partial charge is 0.328 e. The molecule has 226 valence electrons. The Hall–Kier alpha value is -3.78. The first kappa shape index (κ1) is 28.3. The standard InChI is InChI=1S/C28H38N8O6/c37-23(33-31-19-13-11-17-21(19)29-27(41)35(25(17)39)15-7-3-1-4-8-15)24(38)34-32-20-14-12-18-22(20)30-28(42)36(26(18)40)16-9-5-2-6-10-16/h15-16,19-20,31-32H,1-14H2,(H,29,41)(H,30,42)(H,33,37)(H,34,38). The van der Waals surface area contributed by atoms with Crippen LogP contribution in [0.3, 0.4) is 0 Å². The fourth-order valence-electron chi connectivity index (χ4n) is 7.20. The minimum atomic E-state index is -0.978. The summed E-state index contributed by atoms with van der Waals surface area (Å²) in [7, 11) is 0. The lowest BCUT2D eigenvalue weighted by Gasteiger charge is -2.24. The number of carbonyl (C=O) groups is 2. The van der Waals surface area contributed by atoms with E-state index in [1.807, 2.05) is 0 Å². The van der Waals surface area contributed by atoms with Gasteiger partial charge in [0, 0.05) is 34.6 Å². The SMILES string of the molecule is O=C(NNC1CCc2c1[nH]c(=O)n(C1CCCCC1)c2=O)C(=O)NNC1CCc2c1[nH]c(=O)n(C1CCCCC1)c2=O. The number of hydrogen-bond donors (Lipinski definition) is 6. The molecule has 2 fully saturated rings. The van der Waals surface area contributed by atoms with E-state index in [0.717, 1.165) is 64.2 Å². The molecular weight excluding hydrogens is 544 g/mol. The van der Waals surface area contributed by atoms with Crippen LogP contribution in [0.15, 0.2) is 19.2 Å². The maximum Gasteiger partial charge on any atom is 0.328 e. The maximum atomic E-state index is 13.1. The van der Waals surface area contributed by atoms with Crippen molar-refractivity contribution >= 4 is 11.8 Å². The van der Waals surface area contributed by atoms with Crippen LogP contribution in [0.4, 0.5) is 0 Å². The fraction of sp³-hybridized carbons (Fsp3) is 0.643. The molecule has 0 spiro atoms. The first-order valence-electron chi connectivity index (χ1n) is 15.2. The van der Waals surface area contributed by atoms with Crippen molar-refractivity contribution in [2.24, 2.45) is 0 Å². The van der Waals surface area contributed by atoms with Crippen molar-refractivity contribution in [1.29, 1.82) is 0 Å². The average Bonchev–Trinajstić information content (AvgIpc) is 3.59. The zero-order valence-electron chi connectivity index (χ0n) is 23.6. The van der Waals surface area contributed by atoms with Gasteiger partial charge in [-0.3, -0.25) is 39.2 Å². The molecule has 2 saturated carbocycles. The van der Waals surface area contributed by atoms with Crippen LogP contribution in [0.2, 0.25) is 0 Å². The van der Waals surface area contributed by atoms with Crippen LogP contribution < -0.4 is 44.2 Å². The number of aromatic nitrogens is 4. The lowest BCUT2D eigenvalue weighted by atomic mass is 9.95. The van der Waals surface area contributed by atoms with Crippen LogP contribution in [-0.4, -0.2) is 30.9 Å². The van der Waals surface area contributed by atoms with E-state index in [0.29, 0.717) is 48.2 Å². The van der Waals surface area contributed by atoms with Crippen LogP contribution in [0.1, 0.15) is 124 Å². The summed E-state index contributed by atoms with van der Waals surface area (Å²) >= 11 is 0. The smallest absolute Gasteiger partial charge is 0.309 e. The molecule has 0 radical (unpaired) electrons. The third-order valence-electron chi connectivity index (χ3n) is 9.39. The van der Waals surface area contributed by atoms with Gasteiger partial charge in [-0.2, -0.15) is 0 Å². The molecule has 0 bridgehead atoms. The lowest BCUT2D eigenvalue weighted by molar-refractivity contribution is -0.140. The number of hydrazine groups is 2. The molecule has 2 aromatic heterocycles. The second-order valence-electron chi connectivity index (χ2n) is 12.0. The van der Waals surface area contributed by atoms with E-state index in [4.69, 9.17) is 0 Å². The summed E-state index contributed by atoms with van der Waals surface area (Å²) in [6, 6.07) is -1.23. The number of nitrogens with zero attached hydrogens (tertiary/aromatic N) is 2. The van der Waals surface area contributed by atoms with E-state index in [-0.39, 0.29) is 23.2 Å². The Labute approximate surface area is 240 Å². The number of fused-ring (bicyclic) bond motifs is 2. The first-order chi connectivity index (χ1) is 20.3. The van der Waals surface area contributed by atoms with Gasteiger partial charge in [-0.25, -0.2) is 20.4 Å². The molecule has 14 nitrogen and oxygen atoms in total. The minimum absolute atomic E-state index is 0.0919. The molecule has 4 aliphatic carbocycles. The molecule has 2 amide bonds. The Morgan fingerprint density at radius 2 is 0.952 bits per heavy atom. The van der Waals surface area contributed by atoms with E-state index < -0.39 is 35.3 Å². The van der Waals surface area contributed by atoms with E-state index in [1.165, 1.54) is 9.13 Å². The van der Waals surface area contributed by atoms with Gasteiger partial charge in [-0.15, -0.1) is 0 Å². The topological polar surface area (TPSA) is 192 Å². The molecule has 2 heterocycles. The molecule has 2 atom stereocenters. The van der Waals surface area contributed by atoms with Gasteiger partial charge in [-0.05, 0) is 51.4 Å². The van der Waals surface area contributed by atoms with Crippen molar-refractivity contribution in [1.82, 2.24) is 40.8 Å². The van der Waals surface area contributed by atoms with Crippen LogP contribution in [0, 0.1) is 0 Å². The predicted molar refractivity (Wildman–Crippen MR) is 152 cm³/mol. The second-order valence-corrected chi connectivity index (χ2v) is 12.0. The number of H-pyrrole nitrogens is 2. The zero-order chi connectivity index (χ0) is 29.4. The summed E-state index contributed by atoms with van der Waals surface area (Å²) in [6.07, 6.45) is 11.3. The van der Waals surface area contributed by atoms with E-state index in [1.54, 1.807) is 0 Å². The normalized spacial score (nSPS) is 22.5. The van der Waals surface area contributed by atoms with Crippen LogP contribution in [0.25, 0.3) is 0 Å². The molecular formula is C28H38N8O6. The maximum absolute atomic E-state index is 13.1. The second kappa shape index (κ2) is 11.8. The highest BCUT2D eigenvalue weighted by Crippen LogP contribution is 2.30. The number of aromatic amines is 2. The molecule has 4 aliphatic rings. The van der Waals surface area contributed by atoms with Gasteiger partial charge >= 0.3 is 23.2 Å². The first-order valence-corrected chi connectivity index (χ1v) is 15.2. The number of nitrogens with one attached hydrogen (secondary N) is 6. The molecule has 2 aromatic rings. The molecule has 2 unspecified atom stereocenters. The average molecular weight is 583 g/mol. The third-order valence-corrected chi connectivity index (χ3v) is 9.39. The Morgan fingerprint density at radius 3 is 1.33 bits per heavy atom. The molecule has 42 heavy (non-hydrogen) atoms. The molecule has 14 heteroatoms. The van der Waals surface area contributed by atoms with Gasteiger partial charge in [0.2, 0.25) is 0 Å². The van der Waals surface area contributed by atoms with Crippen molar-refractivity contribution in [2.45, 2.75) is 114 Å². The van der Waals surface area contributed by atoms with Crippen molar-refractivity contribution < 1.29 is 9.59 Å². The summed E-state index contributed by atoms with van der Waals surface area (Å²) in [6.45, 7) is 0. The number of carbonyl (C=O) groups excluding carboxylic acids is 2. The van der Waals surface area contributed by atoms with Gasteiger partial charge in [-0.1, -0.05) is 38.5 Å². The van der Waals surface area contributed by atoms with Gasteiger partial charge in [0.05, 0.1) is 12.1 Å². The Kier molecular flexibility index (Phi) is 7.99. The molecule has 6 rings (SSSR count). The van der Waals surface area contributed by atoms with Crippen molar-refractivity contribution in [3.05, 3.63) is 64.2 Å². The third kappa shape index (κ3) is 5.28. The Bertz CT molecular complexity index is 1490. The highest BCUT2D eigenvalue weighted by molar-refractivity contribution is 6.34. The zero-order valence-corrected chi connectivity index (χ0v) is 23.6. The van der Waals surface area contributed by atoms with E-state index in [9.17, 15) is 28.8 Å². The molecule has 6 N–H and O–H groups in total. The summed E-state index contributed by atoms with van der Waals surface area (Å²) in [4.78, 5) is 82.5. The van der Waals surface area contributed by atoms with Crippen LogP contribution in [0.5, 0.6) is 0 Å². The molecule has 0 aromatic carbocycles. The number of hydrogen-bond acceptors (Lipinski definition) is 8. The van der Waals surface area contributed by atoms with Crippen molar-refractivity contribution in [2.75, 3.05) is 0 Å². The van der Waals surface area contributed by atoms with Gasteiger partial charge in [0.15, 0.2) is 0 Å². The van der Waals surface area contributed by atoms with Crippen molar-refractivity contribution in [3.63, 3.8) is 0 Å². The van der Waals surface area contributed by atoms with Crippen molar-refractivity contribution in [3.8, 4) is 0 Å². The summed E-state index contributed by atoms with van der Waals surface area (Å²) < 4.78 is 2.69. The van der Waals surface area contributed by atoms with E-state index >= 15 is 0 Å². The van der Waals surface area contributed by atoms with Gasteiger partial charge < -0.3 is 9.97 Å². The molecule has 0 aliphatic heterocycles. The Balaban J connectivity index is 1.06.